The first-order valence-electron chi connectivity index (χ1n) is 8.49. The lowest BCUT2D eigenvalue weighted by Crippen LogP contribution is -2.17. The molecule has 0 aliphatic carbocycles. The van der Waals surface area contributed by atoms with E-state index in [-0.39, 0.29) is 5.95 Å². The Morgan fingerprint density at radius 1 is 1.06 bits per heavy atom. The Morgan fingerprint density at radius 2 is 1.78 bits per heavy atom. The molecule has 3 heterocycles. The van der Waals surface area contributed by atoms with Crippen molar-refractivity contribution < 1.29 is 21.6 Å². The largest absolute Gasteiger partial charge is 0.433 e. The summed E-state index contributed by atoms with van der Waals surface area (Å²) in [6.07, 6.45) is -1.93. The summed E-state index contributed by atoms with van der Waals surface area (Å²) in [5.41, 5.74) is 5.02. The molecule has 3 N–H and O–H groups in total. The molecule has 3 aromatic heterocycles. The highest BCUT2D eigenvalue weighted by molar-refractivity contribution is 7.89. The molecule has 166 valence electrons. The van der Waals surface area contributed by atoms with Gasteiger partial charge in [0.1, 0.15) is 12.0 Å². The number of anilines is 3. The highest BCUT2D eigenvalue weighted by Gasteiger charge is 2.33. The van der Waals surface area contributed by atoms with E-state index in [0.29, 0.717) is 20.9 Å². The molecule has 0 bridgehead atoms. The molecular formula is C16H11ClF3N9O2S. The van der Waals surface area contributed by atoms with E-state index in [1.54, 1.807) is 24.3 Å². The Bertz CT molecular complexity index is 1380. The minimum Gasteiger partial charge on any atom is -0.367 e. The topological polar surface area (TPSA) is 146 Å². The van der Waals surface area contributed by atoms with Gasteiger partial charge in [-0.2, -0.15) is 26.6 Å². The van der Waals surface area contributed by atoms with Crippen LogP contribution in [-0.4, -0.2) is 42.1 Å². The van der Waals surface area contributed by atoms with Crippen molar-refractivity contribution in [3.05, 3.63) is 59.8 Å². The van der Waals surface area contributed by atoms with Crippen LogP contribution < -0.4 is 11.1 Å². The summed E-state index contributed by atoms with van der Waals surface area (Å²) in [7, 11) is -4.43. The number of nitrogens with two attached hydrogens (primary N) is 1. The number of imidazole rings is 1. The minimum absolute atomic E-state index is 0.117. The maximum atomic E-state index is 12.9. The van der Waals surface area contributed by atoms with Gasteiger partial charge in [-0.05, 0) is 30.3 Å². The number of benzene rings is 1. The van der Waals surface area contributed by atoms with E-state index < -0.39 is 38.8 Å². The van der Waals surface area contributed by atoms with Crippen molar-refractivity contribution in [3.63, 3.8) is 0 Å². The Morgan fingerprint density at radius 3 is 2.47 bits per heavy atom. The second-order valence-electron chi connectivity index (χ2n) is 6.13. The molecule has 0 aliphatic heterocycles. The number of rotatable bonds is 5. The van der Waals surface area contributed by atoms with Crippen molar-refractivity contribution in [2.24, 2.45) is 0 Å². The van der Waals surface area contributed by atoms with Gasteiger partial charge in [-0.1, -0.05) is 11.6 Å². The van der Waals surface area contributed by atoms with E-state index >= 15 is 0 Å². The van der Waals surface area contributed by atoms with Crippen molar-refractivity contribution in [2.45, 2.75) is 11.2 Å². The van der Waals surface area contributed by atoms with E-state index in [4.69, 9.17) is 17.3 Å². The molecule has 0 saturated heterocycles. The third-order valence-corrected chi connectivity index (χ3v) is 5.63. The van der Waals surface area contributed by atoms with Gasteiger partial charge in [0.2, 0.25) is 17.8 Å². The first-order valence-corrected chi connectivity index (χ1v) is 10.3. The Hall–Kier alpha value is -3.72. The number of nitrogens with one attached hydrogen (secondary N) is 1. The lowest BCUT2D eigenvalue weighted by Gasteiger charge is -2.06. The van der Waals surface area contributed by atoms with Gasteiger partial charge < -0.3 is 11.1 Å². The minimum atomic E-state index is -4.70. The molecule has 4 rings (SSSR count). The average molecular weight is 486 g/mol. The highest BCUT2D eigenvalue weighted by atomic mass is 35.5. The van der Waals surface area contributed by atoms with Crippen LogP contribution >= 0.6 is 11.6 Å². The molecule has 0 saturated carbocycles. The SMILES string of the molecule is Nc1nc(Nc2ccc(Cl)cc2)nn1S(=O)(=O)c1cn(-c2nccc(C(F)(F)F)n2)cn1. The number of hydrogen-bond donors (Lipinski definition) is 2. The number of aromatic nitrogens is 7. The molecule has 0 unspecified atom stereocenters. The zero-order valence-electron chi connectivity index (χ0n) is 15.6. The molecular weight excluding hydrogens is 475 g/mol. The van der Waals surface area contributed by atoms with Gasteiger partial charge in [-0.3, -0.25) is 4.57 Å². The lowest BCUT2D eigenvalue weighted by molar-refractivity contribution is -0.141. The van der Waals surface area contributed by atoms with Crippen molar-refractivity contribution >= 4 is 39.2 Å². The number of nitrogens with zero attached hydrogens (tertiary/aromatic N) is 7. The highest BCUT2D eigenvalue weighted by Crippen LogP contribution is 2.27. The maximum absolute atomic E-state index is 12.9. The fourth-order valence-electron chi connectivity index (χ4n) is 2.47. The lowest BCUT2D eigenvalue weighted by atomic mass is 10.3. The van der Waals surface area contributed by atoms with Gasteiger partial charge in [0.25, 0.3) is 0 Å². The summed E-state index contributed by atoms with van der Waals surface area (Å²) in [5.74, 6) is -1.01. The third kappa shape index (κ3) is 4.19. The first-order chi connectivity index (χ1) is 15.0. The molecule has 32 heavy (non-hydrogen) atoms. The van der Waals surface area contributed by atoms with E-state index in [2.05, 4.69) is 30.4 Å². The fraction of sp³-hybridized carbons (Fsp3) is 0.0625. The summed E-state index contributed by atoms with van der Waals surface area (Å²) in [6.45, 7) is 0. The molecule has 16 heteroatoms. The quantitative estimate of drug-likeness (QED) is 0.435. The molecule has 11 nitrogen and oxygen atoms in total. The summed E-state index contributed by atoms with van der Waals surface area (Å²) >= 11 is 5.81. The zero-order valence-corrected chi connectivity index (χ0v) is 17.1. The van der Waals surface area contributed by atoms with Crippen molar-refractivity contribution in [2.75, 3.05) is 11.1 Å². The van der Waals surface area contributed by atoms with Crippen LogP contribution in [0.25, 0.3) is 5.95 Å². The molecule has 0 fully saturated rings. The third-order valence-electron chi connectivity index (χ3n) is 3.92. The van der Waals surface area contributed by atoms with Crippen LogP contribution in [0, 0.1) is 0 Å². The van der Waals surface area contributed by atoms with Gasteiger partial charge in [0.15, 0.2) is 5.03 Å². The fourth-order valence-corrected chi connectivity index (χ4v) is 3.67. The normalized spacial score (nSPS) is 12.1. The molecule has 0 atom stereocenters. The van der Waals surface area contributed by atoms with Crippen LogP contribution in [0.5, 0.6) is 0 Å². The first kappa shape index (κ1) is 21.5. The Balaban J connectivity index is 1.63. The summed E-state index contributed by atoms with van der Waals surface area (Å²) in [6, 6.07) is 7.12. The predicted octanol–water partition coefficient (Wildman–Crippen LogP) is 2.49. The van der Waals surface area contributed by atoms with Crippen LogP contribution in [0.2, 0.25) is 5.02 Å². The van der Waals surface area contributed by atoms with Crippen molar-refractivity contribution in [3.8, 4) is 5.95 Å². The summed E-state index contributed by atoms with van der Waals surface area (Å²) in [4.78, 5) is 14.6. The standard InChI is InChI=1S/C16H11ClF3N9O2S/c17-9-1-3-10(4-2-9)24-14-26-13(21)29(27-14)32(30,31)12-7-28(8-23-12)15-22-6-5-11(25-15)16(18,19)20/h1-8H,(H3,21,24,26,27). The van der Waals surface area contributed by atoms with E-state index in [1.807, 2.05) is 0 Å². The van der Waals surface area contributed by atoms with Crippen molar-refractivity contribution in [1.82, 2.24) is 33.7 Å². The second-order valence-corrected chi connectivity index (χ2v) is 8.28. The number of nitrogen functional groups attached to an aromatic ring is 1. The molecule has 4 aromatic rings. The zero-order chi connectivity index (χ0) is 23.1. The predicted molar refractivity (Wildman–Crippen MR) is 106 cm³/mol. The van der Waals surface area contributed by atoms with Gasteiger partial charge in [-0.15, -0.1) is 9.19 Å². The average Bonchev–Trinajstić information content (AvgIpc) is 3.37. The molecule has 1 aromatic carbocycles. The Labute approximate surface area is 182 Å². The van der Waals surface area contributed by atoms with Gasteiger partial charge in [0, 0.05) is 16.9 Å². The van der Waals surface area contributed by atoms with Crippen LogP contribution in [0.4, 0.5) is 30.8 Å². The van der Waals surface area contributed by atoms with Crippen LogP contribution in [0.3, 0.4) is 0 Å². The number of alkyl halides is 3. The van der Waals surface area contributed by atoms with Crippen LogP contribution in [0.1, 0.15) is 5.69 Å². The molecule has 0 amide bonds. The van der Waals surface area contributed by atoms with E-state index in [0.717, 1.165) is 23.3 Å². The summed E-state index contributed by atoms with van der Waals surface area (Å²) < 4.78 is 65.7. The smallest absolute Gasteiger partial charge is 0.367 e. The van der Waals surface area contributed by atoms with E-state index in [9.17, 15) is 21.6 Å². The summed E-state index contributed by atoms with van der Waals surface area (Å²) in [5, 5.41) is 6.53. The molecule has 0 spiro atoms. The van der Waals surface area contributed by atoms with Crippen LogP contribution in [0.15, 0.2) is 54.1 Å². The van der Waals surface area contributed by atoms with E-state index in [1.165, 1.54) is 0 Å². The monoisotopic (exact) mass is 485 g/mol. The number of hydrogen-bond acceptors (Lipinski definition) is 9. The number of halogens is 4. The van der Waals surface area contributed by atoms with Gasteiger partial charge >= 0.3 is 16.2 Å². The Kier molecular flexibility index (Phi) is 5.21. The van der Waals surface area contributed by atoms with Gasteiger partial charge in [0.05, 0.1) is 6.20 Å². The molecule has 0 radical (unpaired) electrons. The maximum Gasteiger partial charge on any atom is 0.433 e. The molecule has 0 aliphatic rings. The van der Waals surface area contributed by atoms with Crippen molar-refractivity contribution in [1.29, 1.82) is 0 Å². The van der Waals surface area contributed by atoms with Gasteiger partial charge in [-0.25, -0.2) is 15.0 Å². The van der Waals surface area contributed by atoms with Crippen LogP contribution in [-0.2, 0) is 16.2 Å². The second kappa shape index (κ2) is 7.76.